The minimum absolute atomic E-state index is 0.461. The van der Waals surface area contributed by atoms with Crippen molar-refractivity contribution in [3.63, 3.8) is 0 Å². The van der Waals surface area contributed by atoms with Gasteiger partial charge in [0.25, 0.3) is 0 Å². The molecule has 2 rings (SSSR count). The molecule has 0 saturated carbocycles. The van der Waals surface area contributed by atoms with Gasteiger partial charge in [0, 0.05) is 6.04 Å². The fourth-order valence-electron chi connectivity index (χ4n) is 2.78. The Hall–Kier alpha value is -1.31. The number of hydrogen-bond donors (Lipinski definition) is 0. The molecule has 0 aliphatic rings. The minimum atomic E-state index is 0.461. The summed E-state index contributed by atoms with van der Waals surface area (Å²) in [5.41, 5.74) is 5.20. The first-order valence-electron chi connectivity index (χ1n) is 6.41. The quantitative estimate of drug-likeness (QED) is 0.749. The summed E-state index contributed by atoms with van der Waals surface area (Å²) in [5, 5.41) is 0. The normalized spacial score (nSPS) is 12.0. The molecule has 2 nitrogen and oxygen atoms in total. The van der Waals surface area contributed by atoms with Crippen molar-refractivity contribution in [2.75, 3.05) is 0 Å². The second kappa shape index (κ2) is 4.17. The highest BCUT2D eigenvalue weighted by atomic mass is 15.1. The summed E-state index contributed by atoms with van der Waals surface area (Å²) in [6.07, 6.45) is 0. The molecule has 1 heterocycles. The van der Waals surface area contributed by atoms with Crippen molar-refractivity contribution >= 4 is 11.0 Å². The highest BCUT2D eigenvalue weighted by Gasteiger charge is 2.16. The molecule has 2 aromatic rings. The zero-order valence-electron chi connectivity index (χ0n) is 11.7. The third-order valence-corrected chi connectivity index (χ3v) is 3.39. The first kappa shape index (κ1) is 12.2. The lowest BCUT2D eigenvalue weighted by Crippen LogP contribution is -2.02. The van der Waals surface area contributed by atoms with Crippen LogP contribution in [0.1, 0.15) is 56.6 Å². The summed E-state index contributed by atoms with van der Waals surface area (Å²) in [7, 11) is 0. The summed E-state index contributed by atoms with van der Waals surface area (Å²) in [5.74, 6) is 1.64. The summed E-state index contributed by atoms with van der Waals surface area (Å²) < 4.78 is 2.32. The topological polar surface area (TPSA) is 17.8 Å². The van der Waals surface area contributed by atoms with Gasteiger partial charge in [-0.05, 0) is 50.8 Å². The van der Waals surface area contributed by atoms with Gasteiger partial charge >= 0.3 is 0 Å². The van der Waals surface area contributed by atoms with Crippen LogP contribution in [0.5, 0.6) is 0 Å². The highest BCUT2D eigenvalue weighted by Crippen LogP contribution is 2.30. The summed E-state index contributed by atoms with van der Waals surface area (Å²) in [6.45, 7) is 13.2. The molecule has 0 aliphatic heterocycles. The minimum Gasteiger partial charge on any atom is -0.326 e. The molecular weight excluding hydrogens is 208 g/mol. The Morgan fingerprint density at radius 3 is 2.24 bits per heavy atom. The lowest BCUT2D eigenvalue weighted by molar-refractivity contribution is 0.600. The van der Waals surface area contributed by atoms with Crippen LogP contribution < -0.4 is 0 Å². The van der Waals surface area contributed by atoms with E-state index in [0.29, 0.717) is 12.0 Å². The first-order valence-corrected chi connectivity index (χ1v) is 6.41. The molecule has 0 bridgehead atoms. The highest BCUT2D eigenvalue weighted by molar-refractivity contribution is 5.81. The van der Waals surface area contributed by atoms with Crippen molar-refractivity contribution in [2.45, 2.75) is 53.5 Å². The van der Waals surface area contributed by atoms with E-state index in [0.717, 1.165) is 5.82 Å². The van der Waals surface area contributed by atoms with Crippen LogP contribution in [0, 0.1) is 13.8 Å². The fraction of sp³-hybridized carbons (Fsp3) is 0.533. The monoisotopic (exact) mass is 230 g/mol. The molecule has 0 saturated heterocycles. The Morgan fingerprint density at radius 1 is 1.06 bits per heavy atom. The summed E-state index contributed by atoms with van der Waals surface area (Å²) >= 11 is 0. The molecule has 0 radical (unpaired) electrons. The molecule has 1 aromatic carbocycles. The number of imidazole rings is 1. The number of fused-ring (bicyclic) bond motifs is 1. The van der Waals surface area contributed by atoms with E-state index in [2.05, 4.69) is 58.2 Å². The van der Waals surface area contributed by atoms with Crippen LogP contribution in [0.2, 0.25) is 0 Å². The van der Waals surface area contributed by atoms with E-state index < -0.39 is 0 Å². The van der Waals surface area contributed by atoms with Crippen molar-refractivity contribution < 1.29 is 0 Å². The van der Waals surface area contributed by atoms with E-state index in [9.17, 15) is 0 Å². The van der Waals surface area contributed by atoms with Gasteiger partial charge in [0.1, 0.15) is 5.82 Å². The van der Waals surface area contributed by atoms with Gasteiger partial charge in [-0.3, -0.25) is 0 Å². The third kappa shape index (κ3) is 1.86. The number of hydrogen-bond acceptors (Lipinski definition) is 1. The molecule has 0 aliphatic carbocycles. The van der Waals surface area contributed by atoms with Gasteiger partial charge in [0.15, 0.2) is 0 Å². The van der Waals surface area contributed by atoms with Crippen LogP contribution >= 0.6 is 0 Å². The zero-order valence-corrected chi connectivity index (χ0v) is 11.7. The average Bonchev–Trinajstić information content (AvgIpc) is 2.52. The molecular formula is C15H22N2. The van der Waals surface area contributed by atoms with Gasteiger partial charge in [-0.25, -0.2) is 4.98 Å². The van der Waals surface area contributed by atoms with Gasteiger partial charge in [0.05, 0.1) is 11.0 Å². The molecule has 0 atom stereocenters. The Balaban J connectivity index is 2.84. The number of aromatic nitrogens is 2. The predicted octanol–water partition coefficient (Wildman–Crippen LogP) is 4.36. The summed E-state index contributed by atoms with van der Waals surface area (Å²) in [4.78, 5) is 4.78. The smallest absolute Gasteiger partial charge is 0.106 e. The number of nitrogens with zero attached hydrogens (tertiary/aromatic N) is 2. The fourth-order valence-corrected chi connectivity index (χ4v) is 2.78. The SMILES string of the molecule is Cc1ccc2c(nc(C)n2C(C)C)c1C(C)C. The van der Waals surface area contributed by atoms with E-state index in [4.69, 9.17) is 4.98 Å². The number of rotatable bonds is 2. The Bertz CT molecular complexity index is 548. The van der Waals surface area contributed by atoms with E-state index in [1.54, 1.807) is 0 Å². The maximum absolute atomic E-state index is 4.78. The Kier molecular flexibility index (Phi) is 2.98. The van der Waals surface area contributed by atoms with Crippen molar-refractivity contribution in [1.82, 2.24) is 9.55 Å². The Labute approximate surface area is 104 Å². The van der Waals surface area contributed by atoms with E-state index in [-0.39, 0.29) is 0 Å². The van der Waals surface area contributed by atoms with E-state index in [1.807, 2.05) is 0 Å². The molecule has 92 valence electrons. The van der Waals surface area contributed by atoms with Crippen LogP contribution in [0.15, 0.2) is 12.1 Å². The van der Waals surface area contributed by atoms with Crippen LogP contribution in [-0.4, -0.2) is 9.55 Å². The molecule has 0 fully saturated rings. The lowest BCUT2D eigenvalue weighted by atomic mass is 9.96. The Morgan fingerprint density at radius 2 is 1.71 bits per heavy atom. The van der Waals surface area contributed by atoms with Crippen molar-refractivity contribution in [2.24, 2.45) is 0 Å². The first-order chi connectivity index (χ1) is 7.93. The largest absolute Gasteiger partial charge is 0.326 e. The lowest BCUT2D eigenvalue weighted by Gasteiger charge is -2.13. The van der Waals surface area contributed by atoms with Crippen molar-refractivity contribution in [3.05, 3.63) is 29.1 Å². The third-order valence-electron chi connectivity index (χ3n) is 3.39. The maximum Gasteiger partial charge on any atom is 0.106 e. The van der Waals surface area contributed by atoms with E-state index >= 15 is 0 Å². The molecule has 1 aromatic heterocycles. The van der Waals surface area contributed by atoms with Gasteiger partial charge in [-0.15, -0.1) is 0 Å². The summed E-state index contributed by atoms with van der Waals surface area (Å²) in [6, 6.07) is 4.89. The molecule has 0 N–H and O–H groups in total. The molecule has 2 heteroatoms. The molecule has 0 spiro atoms. The van der Waals surface area contributed by atoms with E-state index in [1.165, 1.54) is 22.2 Å². The van der Waals surface area contributed by atoms with Crippen LogP contribution in [0.4, 0.5) is 0 Å². The molecule has 0 unspecified atom stereocenters. The zero-order chi connectivity index (χ0) is 12.7. The van der Waals surface area contributed by atoms with Crippen LogP contribution in [0.25, 0.3) is 11.0 Å². The number of benzene rings is 1. The van der Waals surface area contributed by atoms with Crippen LogP contribution in [0.3, 0.4) is 0 Å². The van der Waals surface area contributed by atoms with Gasteiger partial charge in [-0.1, -0.05) is 19.9 Å². The second-order valence-electron chi connectivity index (χ2n) is 5.44. The predicted molar refractivity (Wildman–Crippen MR) is 73.7 cm³/mol. The van der Waals surface area contributed by atoms with Gasteiger partial charge in [0.2, 0.25) is 0 Å². The molecule has 0 amide bonds. The van der Waals surface area contributed by atoms with Gasteiger partial charge in [-0.2, -0.15) is 0 Å². The standard InChI is InChI=1S/C15H22N2/c1-9(2)14-11(5)7-8-13-15(14)16-12(6)17(13)10(3)4/h7-10H,1-6H3. The molecule has 17 heavy (non-hydrogen) atoms. The average molecular weight is 230 g/mol. The second-order valence-corrected chi connectivity index (χ2v) is 5.44. The van der Waals surface area contributed by atoms with Crippen molar-refractivity contribution in [1.29, 1.82) is 0 Å². The van der Waals surface area contributed by atoms with Crippen LogP contribution in [-0.2, 0) is 0 Å². The van der Waals surface area contributed by atoms with Crippen molar-refractivity contribution in [3.8, 4) is 0 Å². The maximum atomic E-state index is 4.78. The van der Waals surface area contributed by atoms with Gasteiger partial charge < -0.3 is 4.57 Å². The number of aryl methyl sites for hydroxylation is 2.